The van der Waals surface area contributed by atoms with Crippen molar-refractivity contribution in [1.82, 2.24) is 25.4 Å². The summed E-state index contributed by atoms with van der Waals surface area (Å²) in [4.78, 5) is 6.69. The summed E-state index contributed by atoms with van der Waals surface area (Å²) in [7, 11) is 2.27. The number of hydrogen-bond acceptors (Lipinski definition) is 4. The Morgan fingerprint density at radius 2 is 2.19 bits per heavy atom. The zero-order valence-electron chi connectivity index (χ0n) is 9.69. The van der Waals surface area contributed by atoms with E-state index in [2.05, 4.69) is 32.4 Å². The Balaban J connectivity index is 1.54. The Labute approximate surface area is 95.6 Å². The molecule has 2 bridgehead atoms. The predicted molar refractivity (Wildman–Crippen MR) is 60.8 cm³/mol. The standard InChI is InChI=1S/C11H19N5/c1-16-9-2-3-10(16)5-8(4-9)12-6-11-13-7-14-15-11/h7-10,12H,2-6H2,1H3,(H,13,14,15). The van der Waals surface area contributed by atoms with Crippen LogP contribution in [0.2, 0.25) is 0 Å². The Bertz CT molecular complexity index is 322. The van der Waals surface area contributed by atoms with E-state index >= 15 is 0 Å². The van der Waals surface area contributed by atoms with Crippen LogP contribution in [-0.2, 0) is 6.54 Å². The summed E-state index contributed by atoms with van der Waals surface area (Å²) in [6, 6.07) is 2.25. The minimum atomic E-state index is 0.652. The molecule has 2 fully saturated rings. The van der Waals surface area contributed by atoms with E-state index in [0.717, 1.165) is 24.5 Å². The van der Waals surface area contributed by atoms with Crippen LogP contribution in [0.25, 0.3) is 0 Å². The van der Waals surface area contributed by atoms with E-state index in [1.54, 1.807) is 6.33 Å². The van der Waals surface area contributed by atoms with Crippen LogP contribution < -0.4 is 5.32 Å². The van der Waals surface area contributed by atoms with Gasteiger partial charge in [-0.1, -0.05) is 0 Å². The van der Waals surface area contributed by atoms with Crippen molar-refractivity contribution in [3.05, 3.63) is 12.2 Å². The fourth-order valence-electron chi connectivity index (χ4n) is 3.14. The molecule has 1 aromatic rings. The minimum absolute atomic E-state index is 0.652. The van der Waals surface area contributed by atoms with Gasteiger partial charge in [-0.2, -0.15) is 5.10 Å². The molecule has 2 aliphatic rings. The van der Waals surface area contributed by atoms with E-state index in [-0.39, 0.29) is 0 Å². The Morgan fingerprint density at radius 3 is 2.81 bits per heavy atom. The molecular formula is C11H19N5. The molecule has 0 aliphatic carbocycles. The quantitative estimate of drug-likeness (QED) is 0.781. The van der Waals surface area contributed by atoms with Gasteiger partial charge in [0.1, 0.15) is 12.2 Å². The number of H-pyrrole nitrogens is 1. The molecule has 2 saturated heterocycles. The fourth-order valence-corrected chi connectivity index (χ4v) is 3.14. The molecular weight excluding hydrogens is 202 g/mol. The molecule has 0 aromatic carbocycles. The molecule has 2 aliphatic heterocycles. The maximum Gasteiger partial charge on any atom is 0.138 e. The van der Waals surface area contributed by atoms with Gasteiger partial charge in [0.15, 0.2) is 0 Å². The minimum Gasteiger partial charge on any atom is -0.307 e. The van der Waals surface area contributed by atoms with Crippen molar-refractivity contribution in [2.24, 2.45) is 0 Å². The Kier molecular flexibility index (Phi) is 2.65. The zero-order chi connectivity index (χ0) is 11.0. The van der Waals surface area contributed by atoms with Crippen molar-refractivity contribution in [3.8, 4) is 0 Å². The first kappa shape index (κ1) is 10.2. The fraction of sp³-hybridized carbons (Fsp3) is 0.818. The molecule has 3 rings (SSSR count). The second kappa shape index (κ2) is 4.14. The van der Waals surface area contributed by atoms with Gasteiger partial charge in [0.05, 0.1) is 6.54 Å². The molecule has 5 nitrogen and oxygen atoms in total. The predicted octanol–water partition coefficient (Wildman–Crippen LogP) is 0.519. The monoisotopic (exact) mass is 221 g/mol. The third-order valence-electron chi connectivity index (χ3n) is 4.12. The molecule has 16 heavy (non-hydrogen) atoms. The highest BCUT2D eigenvalue weighted by Crippen LogP contribution is 2.34. The molecule has 0 saturated carbocycles. The second-order valence-corrected chi connectivity index (χ2v) is 5.03. The molecule has 0 spiro atoms. The highest BCUT2D eigenvalue weighted by Gasteiger charge is 2.38. The van der Waals surface area contributed by atoms with Crippen LogP contribution >= 0.6 is 0 Å². The zero-order valence-corrected chi connectivity index (χ0v) is 9.69. The lowest BCUT2D eigenvalue weighted by Gasteiger charge is -2.36. The van der Waals surface area contributed by atoms with E-state index in [1.807, 2.05) is 0 Å². The van der Waals surface area contributed by atoms with Crippen LogP contribution in [0.4, 0.5) is 0 Å². The van der Waals surface area contributed by atoms with Crippen LogP contribution in [0.3, 0.4) is 0 Å². The molecule has 1 aromatic heterocycles. The van der Waals surface area contributed by atoms with E-state index in [0.29, 0.717) is 6.04 Å². The lowest BCUT2D eigenvalue weighted by atomic mass is 9.98. The first-order valence-electron chi connectivity index (χ1n) is 6.12. The second-order valence-electron chi connectivity index (χ2n) is 5.03. The van der Waals surface area contributed by atoms with Crippen LogP contribution in [-0.4, -0.2) is 45.3 Å². The highest BCUT2D eigenvalue weighted by atomic mass is 15.2. The van der Waals surface area contributed by atoms with Crippen LogP contribution in [0.15, 0.2) is 6.33 Å². The first-order valence-corrected chi connectivity index (χ1v) is 6.12. The van der Waals surface area contributed by atoms with E-state index < -0.39 is 0 Å². The first-order chi connectivity index (χ1) is 7.83. The average molecular weight is 221 g/mol. The summed E-state index contributed by atoms with van der Waals surface area (Å²) in [6.07, 6.45) is 6.88. The highest BCUT2D eigenvalue weighted by molar-refractivity contribution is 4.96. The number of nitrogens with zero attached hydrogens (tertiary/aromatic N) is 3. The van der Waals surface area contributed by atoms with Gasteiger partial charge in [-0.15, -0.1) is 0 Å². The number of aromatic nitrogens is 3. The normalized spacial score (nSPS) is 34.4. The van der Waals surface area contributed by atoms with Crippen molar-refractivity contribution < 1.29 is 0 Å². The van der Waals surface area contributed by atoms with Crippen molar-refractivity contribution in [3.63, 3.8) is 0 Å². The topological polar surface area (TPSA) is 56.8 Å². The molecule has 3 heterocycles. The Hall–Kier alpha value is -0.940. The average Bonchev–Trinajstić information content (AvgIpc) is 2.84. The molecule has 2 atom stereocenters. The number of hydrogen-bond donors (Lipinski definition) is 2. The number of piperidine rings is 1. The molecule has 0 amide bonds. The smallest absolute Gasteiger partial charge is 0.138 e. The van der Waals surface area contributed by atoms with Gasteiger partial charge in [-0.25, -0.2) is 4.98 Å². The lowest BCUT2D eigenvalue weighted by molar-refractivity contribution is 0.148. The lowest BCUT2D eigenvalue weighted by Crippen LogP contribution is -2.47. The van der Waals surface area contributed by atoms with Crippen LogP contribution in [0.5, 0.6) is 0 Å². The number of aromatic amines is 1. The van der Waals surface area contributed by atoms with Gasteiger partial charge in [0.2, 0.25) is 0 Å². The molecule has 88 valence electrons. The summed E-state index contributed by atoms with van der Waals surface area (Å²) >= 11 is 0. The summed E-state index contributed by atoms with van der Waals surface area (Å²) < 4.78 is 0. The summed E-state index contributed by atoms with van der Waals surface area (Å²) in [5, 5.41) is 10.3. The van der Waals surface area contributed by atoms with Gasteiger partial charge in [-0.05, 0) is 32.7 Å². The SMILES string of the molecule is CN1C2CCC1CC(NCc1ncn[nH]1)C2. The molecule has 2 unspecified atom stereocenters. The summed E-state index contributed by atoms with van der Waals surface area (Å²) in [5.41, 5.74) is 0. The number of fused-ring (bicyclic) bond motifs is 2. The third kappa shape index (κ3) is 1.85. The largest absolute Gasteiger partial charge is 0.307 e. The van der Waals surface area contributed by atoms with Crippen LogP contribution in [0.1, 0.15) is 31.5 Å². The van der Waals surface area contributed by atoms with Crippen molar-refractivity contribution in [2.75, 3.05) is 7.05 Å². The summed E-state index contributed by atoms with van der Waals surface area (Å²) in [6.45, 7) is 0.813. The molecule has 0 radical (unpaired) electrons. The Morgan fingerprint density at radius 1 is 1.44 bits per heavy atom. The van der Waals surface area contributed by atoms with Crippen molar-refractivity contribution in [1.29, 1.82) is 0 Å². The van der Waals surface area contributed by atoms with Gasteiger partial charge >= 0.3 is 0 Å². The van der Waals surface area contributed by atoms with Gasteiger partial charge < -0.3 is 10.2 Å². The van der Waals surface area contributed by atoms with Gasteiger partial charge in [0.25, 0.3) is 0 Å². The molecule has 2 N–H and O–H groups in total. The van der Waals surface area contributed by atoms with Crippen LogP contribution in [0, 0.1) is 0 Å². The number of nitrogens with one attached hydrogen (secondary N) is 2. The van der Waals surface area contributed by atoms with E-state index in [9.17, 15) is 0 Å². The van der Waals surface area contributed by atoms with Gasteiger partial charge in [0, 0.05) is 18.1 Å². The molecule has 5 heteroatoms. The summed E-state index contributed by atoms with van der Waals surface area (Å²) in [5.74, 6) is 0.936. The van der Waals surface area contributed by atoms with E-state index in [4.69, 9.17) is 0 Å². The van der Waals surface area contributed by atoms with Gasteiger partial charge in [-0.3, -0.25) is 5.10 Å². The maximum atomic E-state index is 4.13. The third-order valence-corrected chi connectivity index (χ3v) is 4.12. The van der Waals surface area contributed by atoms with E-state index in [1.165, 1.54) is 25.7 Å². The number of rotatable bonds is 3. The maximum absolute atomic E-state index is 4.13. The van der Waals surface area contributed by atoms with Crippen molar-refractivity contribution in [2.45, 2.75) is 50.4 Å². The van der Waals surface area contributed by atoms with Crippen molar-refractivity contribution >= 4 is 0 Å².